The van der Waals surface area contributed by atoms with Gasteiger partial charge in [0.25, 0.3) is 0 Å². The van der Waals surface area contributed by atoms with Crippen molar-refractivity contribution in [1.29, 1.82) is 0 Å². The number of aryl methyl sites for hydroxylation is 1. The summed E-state index contributed by atoms with van der Waals surface area (Å²) < 4.78 is 29.1. The standard InChI is InChI=1S/C19H27N3O3S/c1-12-9-14(10-15-17(12)21(4)18(23)19(15,2)3)26(24,25)20-16-11-22-7-5-13(16)6-8-22/h9-10,13,16,20H,5-8,11H2,1-4H3. The van der Waals surface area contributed by atoms with Crippen molar-refractivity contribution in [2.24, 2.45) is 5.92 Å². The number of amides is 1. The summed E-state index contributed by atoms with van der Waals surface area (Å²) in [5, 5.41) is 0. The molecule has 4 aliphatic rings. The summed E-state index contributed by atoms with van der Waals surface area (Å²) in [7, 11) is -1.87. The average Bonchev–Trinajstić information content (AvgIpc) is 2.76. The Morgan fingerprint density at radius 3 is 2.42 bits per heavy atom. The topological polar surface area (TPSA) is 69.7 Å². The van der Waals surface area contributed by atoms with Crippen molar-refractivity contribution in [1.82, 2.24) is 9.62 Å². The van der Waals surface area contributed by atoms with E-state index in [1.807, 2.05) is 20.8 Å². The van der Waals surface area contributed by atoms with Crippen LogP contribution in [-0.2, 0) is 20.2 Å². The highest BCUT2D eigenvalue weighted by atomic mass is 32.2. The maximum Gasteiger partial charge on any atom is 0.240 e. The number of anilines is 1. The lowest BCUT2D eigenvalue weighted by molar-refractivity contribution is -0.121. The van der Waals surface area contributed by atoms with E-state index in [-0.39, 0.29) is 16.8 Å². The van der Waals surface area contributed by atoms with Crippen LogP contribution in [0.4, 0.5) is 5.69 Å². The van der Waals surface area contributed by atoms with Gasteiger partial charge in [-0.2, -0.15) is 0 Å². The summed E-state index contributed by atoms with van der Waals surface area (Å²) in [6.45, 7) is 8.52. The quantitative estimate of drug-likeness (QED) is 0.869. The lowest BCUT2D eigenvalue weighted by atomic mass is 9.85. The molecule has 26 heavy (non-hydrogen) atoms. The van der Waals surface area contributed by atoms with Crippen molar-refractivity contribution >= 4 is 21.6 Å². The van der Waals surface area contributed by atoms with Crippen LogP contribution in [0.25, 0.3) is 0 Å². The number of fused-ring (bicyclic) bond motifs is 4. The van der Waals surface area contributed by atoms with E-state index in [1.54, 1.807) is 24.1 Å². The molecule has 0 aliphatic carbocycles. The summed E-state index contributed by atoms with van der Waals surface area (Å²) in [4.78, 5) is 16.8. The third-order valence-corrected chi connectivity index (χ3v) is 7.86. The van der Waals surface area contributed by atoms with Gasteiger partial charge in [-0.3, -0.25) is 4.79 Å². The molecule has 4 aliphatic heterocycles. The molecular formula is C19H27N3O3S. The molecule has 2 bridgehead atoms. The van der Waals surface area contributed by atoms with E-state index in [0.717, 1.165) is 49.3 Å². The molecule has 1 atom stereocenters. The Bertz CT molecular complexity index is 870. The summed E-state index contributed by atoms with van der Waals surface area (Å²) >= 11 is 0. The average molecular weight is 378 g/mol. The van der Waals surface area contributed by atoms with Crippen molar-refractivity contribution in [3.63, 3.8) is 0 Å². The molecule has 0 saturated carbocycles. The van der Waals surface area contributed by atoms with E-state index in [9.17, 15) is 13.2 Å². The first kappa shape index (κ1) is 17.9. The van der Waals surface area contributed by atoms with Gasteiger partial charge in [0.05, 0.1) is 16.0 Å². The monoisotopic (exact) mass is 377 g/mol. The minimum absolute atomic E-state index is 0.00417. The van der Waals surface area contributed by atoms with Crippen molar-refractivity contribution in [2.45, 2.75) is 50.0 Å². The van der Waals surface area contributed by atoms with Crippen molar-refractivity contribution < 1.29 is 13.2 Å². The van der Waals surface area contributed by atoms with Crippen LogP contribution in [-0.4, -0.2) is 51.9 Å². The molecule has 0 spiro atoms. The van der Waals surface area contributed by atoms with Gasteiger partial charge in [-0.15, -0.1) is 0 Å². The normalized spacial score (nSPS) is 29.9. The molecule has 3 fully saturated rings. The largest absolute Gasteiger partial charge is 0.314 e. The minimum Gasteiger partial charge on any atom is -0.314 e. The van der Waals surface area contributed by atoms with Gasteiger partial charge in [0.15, 0.2) is 0 Å². The van der Waals surface area contributed by atoms with Gasteiger partial charge >= 0.3 is 0 Å². The van der Waals surface area contributed by atoms with Crippen LogP contribution >= 0.6 is 0 Å². The number of rotatable bonds is 3. The first-order valence-corrected chi connectivity index (χ1v) is 10.8. The number of hydrogen-bond donors (Lipinski definition) is 1. The molecule has 1 amide bonds. The number of likely N-dealkylation sites (N-methyl/N-ethyl adjacent to an activating group) is 1. The van der Waals surface area contributed by atoms with Crippen molar-refractivity contribution in [3.05, 3.63) is 23.3 Å². The van der Waals surface area contributed by atoms with Gasteiger partial charge in [-0.05, 0) is 75.9 Å². The molecule has 7 heteroatoms. The highest BCUT2D eigenvalue weighted by Crippen LogP contribution is 2.44. The smallest absolute Gasteiger partial charge is 0.240 e. The second-order valence-corrected chi connectivity index (χ2v) is 10.2. The van der Waals surface area contributed by atoms with E-state index in [2.05, 4.69) is 9.62 Å². The zero-order valence-corrected chi connectivity index (χ0v) is 16.7. The number of benzene rings is 1. The fraction of sp³-hybridized carbons (Fsp3) is 0.632. The van der Waals surface area contributed by atoms with Crippen molar-refractivity contribution in [3.8, 4) is 0 Å². The second kappa shape index (κ2) is 5.78. The summed E-state index contributed by atoms with van der Waals surface area (Å²) in [5.74, 6) is 0.421. The molecule has 0 radical (unpaired) electrons. The van der Waals surface area contributed by atoms with Gasteiger partial charge in [0.2, 0.25) is 15.9 Å². The van der Waals surface area contributed by atoms with Gasteiger partial charge < -0.3 is 9.80 Å². The Morgan fingerprint density at radius 2 is 1.85 bits per heavy atom. The predicted molar refractivity (Wildman–Crippen MR) is 101 cm³/mol. The lowest BCUT2D eigenvalue weighted by Crippen LogP contribution is -2.57. The van der Waals surface area contributed by atoms with E-state index >= 15 is 0 Å². The number of nitrogens with one attached hydrogen (secondary N) is 1. The molecular weight excluding hydrogens is 350 g/mol. The molecule has 5 rings (SSSR count). The maximum absolute atomic E-state index is 13.1. The van der Waals surface area contributed by atoms with Crippen LogP contribution in [0.5, 0.6) is 0 Å². The van der Waals surface area contributed by atoms with Gasteiger partial charge in [-0.25, -0.2) is 13.1 Å². The summed E-state index contributed by atoms with van der Waals surface area (Å²) in [5.41, 5.74) is 1.73. The SMILES string of the molecule is Cc1cc(S(=O)(=O)NC2CN3CCC2CC3)cc2c1N(C)C(=O)C2(C)C. The molecule has 3 saturated heterocycles. The Hall–Kier alpha value is -1.44. The molecule has 142 valence electrons. The van der Waals surface area contributed by atoms with Crippen LogP contribution in [0.1, 0.15) is 37.8 Å². The van der Waals surface area contributed by atoms with E-state index in [1.165, 1.54) is 0 Å². The summed E-state index contributed by atoms with van der Waals surface area (Å²) in [6.07, 6.45) is 2.12. The zero-order valence-electron chi connectivity index (χ0n) is 15.9. The number of hydrogen-bond acceptors (Lipinski definition) is 4. The number of nitrogens with zero attached hydrogens (tertiary/aromatic N) is 2. The Kier molecular flexibility index (Phi) is 3.99. The molecule has 1 unspecified atom stereocenters. The first-order valence-electron chi connectivity index (χ1n) is 9.29. The Morgan fingerprint density at radius 1 is 1.19 bits per heavy atom. The number of carbonyl (C=O) groups is 1. The van der Waals surface area contributed by atoms with E-state index < -0.39 is 15.4 Å². The third kappa shape index (κ3) is 2.60. The minimum atomic E-state index is -3.62. The third-order valence-electron chi connectivity index (χ3n) is 6.40. The summed E-state index contributed by atoms with van der Waals surface area (Å²) in [6, 6.07) is 3.36. The Balaban J connectivity index is 1.69. The maximum atomic E-state index is 13.1. The molecule has 0 aromatic heterocycles. The fourth-order valence-corrected chi connectivity index (χ4v) is 6.23. The molecule has 4 heterocycles. The molecule has 1 N–H and O–H groups in total. The number of piperidine rings is 3. The van der Waals surface area contributed by atoms with Gasteiger partial charge in [-0.1, -0.05) is 0 Å². The number of sulfonamides is 1. The van der Waals surface area contributed by atoms with Crippen LogP contribution in [0.3, 0.4) is 0 Å². The number of carbonyl (C=O) groups excluding carboxylic acids is 1. The van der Waals surface area contributed by atoms with Crippen LogP contribution in [0.15, 0.2) is 17.0 Å². The van der Waals surface area contributed by atoms with Gasteiger partial charge in [0, 0.05) is 19.6 Å². The zero-order chi connectivity index (χ0) is 18.9. The van der Waals surface area contributed by atoms with E-state index in [4.69, 9.17) is 0 Å². The molecule has 6 nitrogen and oxygen atoms in total. The Labute approximate surface area is 155 Å². The second-order valence-electron chi connectivity index (χ2n) is 8.49. The van der Waals surface area contributed by atoms with Gasteiger partial charge in [0.1, 0.15) is 0 Å². The van der Waals surface area contributed by atoms with E-state index in [0.29, 0.717) is 5.92 Å². The fourth-order valence-electron chi connectivity index (χ4n) is 4.83. The predicted octanol–water partition coefficient (Wildman–Crippen LogP) is 1.62. The highest BCUT2D eigenvalue weighted by molar-refractivity contribution is 7.89. The van der Waals surface area contributed by atoms with Crippen molar-refractivity contribution in [2.75, 3.05) is 31.6 Å². The van der Waals surface area contributed by atoms with Crippen LogP contribution in [0.2, 0.25) is 0 Å². The lowest BCUT2D eigenvalue weighted by Gasteiger charge is -2.44. The molecule has 1 aromatic rings. The van der Waals surface area contributed by atoms with Crippen LogP contribution in [0, 0.1) is 12.8 Å². The molecule has 1 aromatic carbocycles. The first-order chi connectivity index (χ1) is 12.1. The highest BCUT2D eigenvalue weighted by Gasteiger charge is 2.44. The van der Waals surface area contributed by atoms with Crippen LogP contribution < -0.4 is 9.62 Å².